The Bertz CT molecular complexity index is 870. The molecule has 0 radical (unpaired) electrons. The van der Waals surface area contributed by atoms with Crippen LogP contribution in [0.5, 0.6) is 0 Å². The minimum absolute atomic E-state index is 0.0165. The van der Waals surface area contributed by atoms with Crippen LogP contribution in [0, 0.1) is 13.8 Å². The van der Waals surface area contributed by atoms with Crippen molar-refractivity contribution in [3.05, 3.63) is 28.8 Å². The number of hydrogen-bond donors (Lipinski definition) is 0. The van der Waals surface area contributed by atoms with E-state index in [4.69, 9.17) is 4.74 Å². The molecule has 4 rings (SSSR count). The first-order valence-corrected chi connectivity index (χ1v) is 8.79. The standard InChI is InChI=1S/C17H22N6O3/c1-10-17(12(3)24)11(2)22(19-10)8-16(25)21-5-4-14-15(7-21)26-9-13-6-18-20-23(13)14/h6,14-15H,4-5,7-9H2,1-3H3/t14-,15-/m0/s1. The van der Waals surface area contributed by atoms with Crippen LogP contribution in [0.2, 0.25) is 0 Å². The first-order chi connectivity index (χ1) is 12.5. The van der Waals surface area contributed by atoms with Gasteiger partial charge in [-0.05, 0) is 27.2 Å². The summed E-state index contributed by atoms with van der Waals surface area (Å²) in [7, 11) is 0. The van der Waals surface area contributed by atoms with E-state index >= 15 is 0 Å². The van der Waals surface area contributed by atoms with Crippen LogP contribution in [0.3, 0.4) is 0 Å². The molecule has 0 aliphatic carbocycles. The number of nitrogens with zero attached hydrogens (tertiary/aromatic N) is 6. The number of carbonyl (C=O) groups excluding carboxylic acids is 2. The molecule has 0 saturated carbocycles. The minimum atomic E-state index is -0.0739. The molecule has 2 aliphatic heterocycles. The Morgan fingerprint density at radius 1 is 1.35 bits per heavy atom. The zero-order chi connectivity index (χ0) is 18.4. The maximum absolute atomic E-state index is 12.8. The summed E-state index contributed by atoms with van der Waals surface area (Å²) in [4.78, 5) is 26.3. The van der Waals surface area contributed by atoms with Gasteiger partial charge >= 0.3 is 0 Å². The molecule has 9 nitrogen and oxygen atoms in total. The molecule has 0 bridgehead atoms. The molecule has 9 heteroatoms. The molecule has 2 aromatic rings. The number of ether oxygens (including phenoxy) is 1. The number of aryl methyl sites for hydroxylation is 1. The highest BCUT2D eigenvalue weighted by molar-refractivity contribution is 5.96. The minimum Gasteiger partial charge on any atom is -0.368 e. The molecule has 1 saturated heterocycles. The molecule has 1 fully saturated rings. The van der Waals surface area contributed by atoms with Gasteiger partial charge in [0.2, 0.25) is 5.91 Å². The topological polar surface area (TPSA) is 95.1 Å². The molecular formula is C17H22N6O3. The summed E-state index contributed by atoms with van der Waals surface area (Å²) < 4.78 is 9.46. The van der Waals surface area contributed by atoms with Crippen molar-refractivity contribution in [3.8, 4) is 0 Å². The highest BCUT2D eigenvalue weighted by Gasteiger charge is 2.37. The smallest absolute Gasteiger partial charge is 0.244 e. The largest absolute Gasteiger partial charge is 0.368 e. The SMILES string of the molecule is CC(=O)c1c(C)nn(CC(=O)N2CC[C@H]3[C@H](C2)OCc2cnnn23)c1C. The number of Topliss-reactive ketones (excluding diaryl/α,β-unsaturated/α-hetero) is 1. The highest BCUT2D eigenvalue weighted by atomic mass is 16.5. The first-order valence-electron chi connectivity index (χ1n) is 8.79. The van der Waals surface area contributed by atoms with Crippen molar-refractivity contribution in [2.45, 2.75) is 52.5 Å². The van der Waals surface area contributed by atoms with Crippen LogP contribution in [0.25, 0.3) is 0 Å². The second-order valence-electron chi connectivity index (χ2n) is 6.97. The third kappa shape index (κ3) is 2.72. The van der Waals surface area contributed by atoms with Crippen LogP contribution in [-0.2, 0) is 22.7 Å². The van der Waals surface area contributed by atoms with Crippen LogP contribution in [0.4, 0.5) is 0 Å². The number of aromatic nitrogens is 5. The summed E-state index contributed by atoms with van der Waals surface area (Å²) in [5, 5.41) is 12.5. The van der Waals surface area contributed by atoms with Gasteiger partial charge in [0.25, 0.3) is 0 Å². The van der Waals surface area contributed by atoms with Gasteiger partial charge in [0.05, 0.1) is 41.9 Å². The predicted molar refractivity (Wildman–Crippen MR) is 90.5 cm³/mol. The molecular weight excluding hydrogens is 336 g/mol. The van der Waals surface area contributed by atoms with E-state index in [1.54, 1.807) is 17.8 Å². The maximum atomic E-state index is 12.8. The van der Waals surface area contributed by atoms with Crippen LogP contribution < -0.4 is 0 Å². The first kappa shape index (κ1) is 16.9. The van der Waals surface area contributed by atoms with Crippen molar-refractivity contribution in [2.75, 3.05) is 13.1 Å². The Hall–Kier alpha value is -2.55. The lowest BCUT2D eigenvalue weighted by Gasteiger charge is -2.41. The zero-order valence-electron chi connectivity index (χ0n) is 15.2. The Balaban J connectivity index is 1.46. The van der Waals surface area contributed by atoms with Gasteiger partial charge in [-0.3, -0.25) is 14.3 Å². The third-order valence-electron chi connectivity index (χ3n) is 5.30. The Morgan fingerprint density at radius 3 is 2.88 bits per heavy atom. The molecule has 2 atom stereocenters. The Kier molecular flexibility index (Phi) is 4.10. The maximum Gasteiger partial charge on any atom is 0.244 e. The van der Waals surface area contributed by atoms with Crippen molar-refractivity contribution in [1.29, 1.82) is 0 Å². The molecule has 138 valence electrons. The van der Waals surface area contributed by atoms with Crippen LogP contribution >= 0.6 is 0 Å². The fraction of sp³-hybridized carbons (Fsp3) is 0.588. The van der Waals surface area contributed by atoms with Crippen LogP contribution in [-0.4, -0.2) is 60.6 Å². The van der Waals surface area contributed by atoms with Gasteiger partial charge in [-0.2, -0.15) is 5.10 Å². The number of carbonyl (C=O) groups is 2. The highest BCUT2D eigenvalue weighted by Crippen LogP contribution is 2.30. The van der Waals surface area contributed by atoms with Gasteiger partial charge in [-0.15, -0.1) is 5.10 Å². The molecule has 2 aliphatic rings. The van der Waals surface area contributed by atoms with Gasteiger partial charge in [-0.25, -0.2) is 4.68 Å². The number of rotatable bonds is 3. The fourth-order valence-electron chi connectivity index (χ4n) is 4.00. The van der Waals surface area contributed by atoms with E-state index in [1.165, 1.54) is 6.92 Å². The molecule has 0 aromatic carbocycles. The quantitative estimate of drug-likeness (QED) is 0.748. The molecule has 26 heavy (non-hydrogen) atoms. The summed E-state index contributed by atoms with van der Waals surface area (Å²) >= 11 is 0. The van der Waals surface area contributed by atoms with Gasteiger partial charge in [-0.1, -0.05) is 5.21 Å². The van der Waals surface area contributed by atoms with Crippen LogP contribution in [0.1, 0.15) is 46.8 Å². The van der Waals surface area contributed by atoms with E-state index in [-0.39, 0.29) is 30.4 Å². The lowest BCUT2D eigenvalue weighted by Crippen LogP contribution is -2.51. The Morgan fingerprint density at radius 2 is 2.15 bits per heavy atom. The van der Waals surface area contributed by atoms with Gasteiger partial charge in [0, 0.05) is 18.8 Å². The average Bonchev–Trinajstić information content (AvgIpc) is 3.19. The normalized spacial score (nSPS) is 22.0. The van der Waals surface area contributed by atoms with Gasteiger partial charge in [0.15, 0.2) is 5.78 Å². The molecule has 0 unspecified atom stereocenters. The number of fused-ring (bicyclic) bond motifs is 3. The summed E-state index contributed by atoms with van der Waals surface area (Å²) in [6.45, 7) is 6.91. The van der Waals surface area contributed by atoms with Crippen molar-refractivity contribution < 1.29 is 14.3 Å². The van der Waals surface area contributed by atoms with Crippen molar-refractivity contribution in [3.63, 3.8) is 0 Å². The Labute approximate surface area is 150 Å². The summed E-state index contributed by atoms with van der Waals surface area (Å²) in [6.07, 6.45) is 2.43. The van der Waals surface area contributed by atoms with E-state index in [1.807, 2.05) is 16.5 Å². The number of piperidine rings is 1. The number of amides is 1. The van der Waals surface area contributed by atoms with E-state index in [2.05, 4.69) is 15.4 Å². The monoisotopic (exact) mass is 358 g/mol. The van der Waals surface area contributed by atoms with E-state index in [0.29, 0.717) is 31.0 Å². The third-order valence-corrected chi connectivity index (χ3v) is 5.30. The molecule has 0 N–H and O–H groups in total. The van der Waals surface area contributed by atoms with Crippen molar-refractivity contribution >= 4 is 11.7 Å². The number of hydrogen-bond acceptors (Lipinski definition) is 6. The van der Waals surface area contributed by atoms with Crippen molar-refractivity contribution in [2.24, 2.45) is 0 Å². The molecule has 2 aromatic heterocycles. The predicted octanol–water partition coefficient (Wildman–Crippen LogP) is 0.666. The lowest BCUT2D eigenvalue weighted by molar-refractivity contribution is -0.140. The molecule has 4 heterocycles. The summed E-state index contributed by atoms with van der Waals surface area (Å²) in [5.41, 5.74) is 2.98. The van der Waals surface area contributed by atoms with E-state index in [0.717, 1.165) is 17.8 Å². The van der Waals surface area contributed by atoms with E-state index < -0.39 is 0 Å². The van der Waals surface area contributed by atoms with Crippen molar-refractivity contribution in [1.82, 2.24) is 29.7 Å². The molecule has 1 amide bonds. The van der Waals surface area contributed by atoms with Gasteiger partial charge < -0.3 is 9.64 Å². The lowest BCUT2D eigenvalue weighted by atomic mass is 10.00. The number of likely N-dealkylation sites (tertiary alicyclic amines) is 1. The van der Waals surface area contributed by atoms with Gasteiger partial charge in [0.1, 0.15) is 6.54 Å². The summed E-state index contributed by atoms with van der Waals surface area (Å²) in [5.74, 6) is -0.0455. The van der Waals surface area contributed by atoms with Crippen LogP contribution in [0.15, 0.2) is 6.20 Å². The summed E-state index contributed by atoms with van der Waals surface area (Å²) in [6, 6.07) is 0.128. The second-order valence-corrected chi connectivity index (χ2v) is 6.97. The number of ketones is 1. The average molecular weight is 358 g/mol. The molecule has 0 spiro atoms. The fourth-order valence-corrected chi connectivity index (χ4v) is 4.00. The second kappa shape index (κ2) is 6.31. The zero-order valence-corrected chi connectivity index (χ0v) is 15.2. The van der Waals surface area contributed by atoms with E-state index in [9.17, 15) is 9.59 Å².